The van der Waals surface area contributed by atoms with Crippen molar-refractivity contribution in [2.45, 2.75) is 36.5 Å². The number of alkyl halides is 2. The van der Waals surface area contributed by atoms with Crippen LogP contribution in [0, 0.1) is 0 Å². The molecule has 3 N–H and O–H groups in total. The van der Waals surface area contributed by atoms with Gasteiger partial charge in [-0.3, -0.25) is 0 Å². The van der Waals surface area contributed by atoms with Crippen LogP contribution in [0.2, 0.25) is 0 Å². The second-order valence-corrected chi connectivity index (χ2v) is 6.05. The van der Waals surface area contributed by atoms with Crippen molar-refractivity contribution in [1.82, 2.24) is 0 Å². The molecule has 1 aromatic carbocycles. The van der Waals surface area contributed by atoms with Crippen LogP contribution in [0.4, 0.5) is 14.5 Å². The van der Waals surface area contributed by atoms with Gasteiger partial charge in [-0.2, -0.15) is 8.78 Å². The van der Waals surface area contributed by atoms with Crippen LogP contribution in [0.3, 0.4) is 0 Å². The Hall–Kier alpha value is -1.21. The van der Waals surface area contributed by atoms with E-state index < -0.39 is 15.6 Å². The molecular weight excluding hydrogens is 274 g/mol. The molecule has 19 heavy (non-hydrogen) atoms. The first-order valence-electron chi connectivity index (χ1n) is 6.01. The van der Waals surface area contributed by atoms with E-state index in [9.17, 15) is 17.2 Å². The van der Waals surface area contributed by atoms with Crippen molar-refractivity contribution in [2.75, 3.05) is 11.9 Å². The van der Waals surface area contributed by atoms with Crippen LogP contribution < -0.4 is 11.1 Å². The van der Waals surface area contributed by atoms with Crippen LogP contribution in [0.25, 0.3) is 0 Å². The molecule has 0 aliphatic rings. The molecule has 0 aromatic heterocycles. The van der Waals surface area contributed by atoms with Crippen molar-refractivity contribution in [3.05, 3.63) is 24.3 Å². The van der Waals surface area contributed by atoms with Crippen molar-refractivity contribution in [3.8, 4) is 0 Å². The summed E-state index contributed by atoms with van der Waals surface area (Å²) in [4.78, 5) is -0.389. The Bertz CT molecular complexity index is 506. The summed E-state index contributed by atoms with van der Waals surface area (Å²) in [5.41, 5.74) is 5.74. The molecule has 0 amide bonds. The van der Waals surface area contributed by atoms with Crippen LogP contribution in [-0.4, -0.2) is 26.8 Å². The van der Waals surface area contributed by atoms with Crippen LogP contribution in [0.15, 0.2) is 29.2 Å². The number of rotatable bonds is 7. The van der Waals surface area contributed by atoms with E-state index in [-0.39, 0.29) is 16.6 Å². The molecule has 0 bridgehead atoms. The summed E-state index contributed by atoms with van der Waals surface area (Å²) >= 11 is 0. The summed E-state index contributed by atoms with van der Waals surface area (Å²) in [7, 11) is -4.61. The molecule has 1 aromatic rings. The number of nitrogens with two attached hydrogens (primary N) is 1. The molecule has 108 valence electrons. The predicted molar refractivity (Wildman–Crippen MR) is 71.0 cm³/mol. The molecule has 0 fully saturated rings. The van der Waals surface area contributed by atoms with Gasteiger partial charge in [0.05, 0.1) is 10.6 Å². The second kappa shape index (κ2) is 6.81. The maximum atomic E-state index is 12.6. The summed E-state index contributed by atoms with van der Waals surface area (Å²) in [5.74, 6) is -3.43. The van der Waals surface area contributed by atoms with E-state index in [1.807, 2.05) is 6.92 Å². The molecule has 0 saturated heterocycles. The Morgan fingerprint density at radius 2 is 1.95 bits per heavy atom. The lowest BCUT2D eigenvalue weighted by Gasteiger charge is -2.19. The van der Waals surface area contributed by atoms with Crippen molar-refractivity contribution in [2.24, 2.45) is 5.73 Å². The first-order valence-corrected chi connectivity index (χ1v) is 7.55. The minimum Gasteiger partial charge on any atom is -0.380 e. The molecular formula is C12H18F2N2O2S. The standard InChI is InChI=1S/C12H18F2N2O2S/c1-2-5-9(8-15)16-10-6-3-4-7-11(10)19(17,18)12(13)14/h3-4,6-7,9,12,16H,2,5,8,15H2,1H3. The van der Waals surface area contributed by atoms with Crippen LogP contribution in [-0.2, 0) is 9.84 Å². The third-order valence-corrected chi connectivity index (χ3v) is 4.15. The lowest BCUT2D eigenvalue weighted by Crippen LogP contribution is -2.29. The molecule has 7 heteroatoms. The van der Waals surface area contributed by atoms with Gasteiger partial charge in [-0.05, 0) is 18.6 Å². The van der Waals surface area contributed by atoms with Gasteiger partial charge in [-0.1, -0.05) is 25.5 Å². The normalized spacial score (nSPS) is 13.5. The largest absolute Gasteiger partial charge is 0.380 e. The molecule has 4 nitrogen and oxygen atoms in total. The van der Waals surface area contributed by atoms with Gasteiger partial charge in [-0.15, -0.1) is 0 Å². The number of benzene rings is 1. The summed E-state index contributed by atoms with van der Waals surface area (Å²) in [6.07, 6.45) is 1.60. The fraction of sp³-hybridized carbons (Fsp3) is 0.500. The minimum absolute atomic E-state index is 0.140. The second-order valence-electron chi connectivity index (χ2n) is 4.17. The van der Waals surface area contributed by atoms with Gasteiger partial charge < -0.3 is 11.1 Å². The van der Waals surface area contributed by atoms with Crippen LogP contribution >= 0.6 is 0 Å². The monoisotopic (exact) mass is 292 g/mol. The molecule has 0 aliphatic carbocycles. The summed E-state index contributed by atoms with van der Waals surface area (Å²) in [5, 5.41) is 2.92. The highest BCUT2D eigenvalue weighted by Crippen LogP contribution is 2.26. The zero-order valence-electron chi connectivity index (χ0n) is 10.6. The van der Waals surface area contributed by atoms with Gasteiger partial charge in [-0.25, -0.2) is 8.42 Å². The van der Waals surface area contributed by atoms with Crippen molar-refractivity contribution in [3.63, 3.8) is 0 Å². The van der Waals surface area contributed by atoms with E-state index in [2.05, 4.69) is 5.32 Å². The quantitative estimate of drug-likeness (QED) is 0.808. The van der Waals surface area contributed by atoms with Gasteiger partial charge in [0.15, 0.2) is 0 Å². The van der Waals surface area contributed by atoms with E-state index in [0.717, 1.165) is 12.8 Å². The van der Waals surface area contributed by atoms with Crippen LogP contribution in [0.5, 0.6) is 0 Å². The average Bonchev–Trinajstić information content (AvgIpc) is 2.38. The van der Waals surface area contributed by atoms with Gasteiger partial charge in [0.2, 0.25) is 9.84 Å². The van der Waals surface area contributed by atoms with Gasteiger partial charge in [0, 0.05) is 12.6 Å². The van der Waals surface area contributed by atoms with E-state index >= 15 is 0 Å². The number of hydrogen-bond donors (Lipinski definition) is 2. The molecule has 1 atom stereocenters. The summed E-state index contributed by atoms with van der Waals surface area (Å²) in [6, 6.07) is 5.50. The Morgan fingerprint density at radius 1 is 1.32 bits per heavy atom. The van der Waals surface area contributed by atoms with E-state index in [1.54, 1.807) is 6.07 Å². The number of sulfone groups is 1. The van der Waals surface area contributed by atoms with E-state index in [1.165, 1.54) is 18.2 Å². The molecule has 1 rings (SSSR count). The number of hydrogen-bond acceptors (Lipinski definition) is 4. The number of para-hydroxylation sites is 1. The van der Waals surface area contributed by atoms with Gasteiger partial charge in [0.25, 0.3) is 0 Å². The predicted octanol–water partition coefficient (Wildman–Crippen LogP) is 2.22. The zero-order valence-corrected chi connectivity index (χ0v) is 11.5. The minimum atomic E-state index is -4.61. The smallest absolute Gasteiger partial charge is 0.341 e. The van der Waals surface area contributed by atoms with Crippen molar-refractivity contribution >= 4 is 15.5 Å². The number of nitrogens with one attached hydrogen (secondary N) is 1. The first-order chi connectivity index (χ1) is 8.93. The summed E-state index contributed by atoms with van der Waals surface area (Å²) in [6.45, 7) is 2.27. The Morgan fingerprint density at radius 3 is 2.47 bits per heavy atom. The summed E-state index contributed by atoms with van der Waals surface area (Å²) < 4.78 is 48.3. The molecule has 0 radical (unpaired) electrons. The highest BCUT2D eigenvalue weighted by atomic mass is 32.2. The van der Waals surface area contributed by atoms with E-state index in [0.29, 0.717) is 6.54 Å². The highest BCUT2D eigenvalue weighted by molar-refractivity contribution is 7.91. The molecule has 0 spiro atoms. The maximum Gasteiger partial charge on any atom is 0.341 e. The highest BCUT2D eigenvalue weighted by Gasteiger charge is 2.29. The fourth-order valence-corrected chi connectivity index (χ4v) is 2.64. The van der Waals surface area contributed by atoms with Crippen molar-refractivity contribution < 1.29 is 17.2 Å². The molecule has 1 unspecified atom stereocenters. The average molecular weight is 292 g/mol. The lowest BCUT2D eigenvalue weighted by atomic mass is 10.1. The maximum absolute atomic E-state index is 12.6. The number of halogens is 2. The van der Waals surface area contributed by atoms with Gasteiger partial charge in [0.1, 0.15) is 0 Å². The van der Waals surface area contributed by atoms with Gasteiger partial charge >= 0.3 is 5.76 Å². The Labute approximate surface area is 111 Å². The molecule has 0 aliphatic heterocycles. The lowest BCUT2D eigenvalue weighted by molar-refractivity contribution is 0.235. The topological polar surface area (TPSA) is 72.2 Å². The van der Waals surface area contributed by atoms with Crippen molar-refractivity contribution in [1.29, 1.82) is 0 Å². The van der Waals surface area contributed by atoms with E-state index in [4.69, 9.17) is 5.73 Å². The SMILES string of the molecule is CCCC(CN)Nc1ccccc1S(=O)(=O)C(F)F. The first kappa shape index (κ1) is 15.8. The Kier molecular flexibility index (Phi) is 5.68. The van der Waals surface area contributed by atoms with Crippen LogP contribution in [0.1, 0.15) is 19.8 Å². The fourth-order valence-electron chi connectivity index (χ4n) is 1.75. The third kappa shape index (κ3) is 3.87. The third-order valence-electron chi connectivity index (χ3n) is 2.71. The Balaban J connectivity index is 3.09. The molecule has 0 saturated carbocycles. The zero-order chi connectivity index (χ0) is 14.5. The number of anilines is 1. The molecule has 0 heterocycles.